The molecule has 1 aliphatic carbocycles. The second kappa shape index (κ2) is 13.5. The molecule has 0 bridgehead atoms. The molecule has 1 saturated carbocycles. The molecule has 0 amide bonds. The Morgan fingerprint density at radius 2 is 1.45 bits per heavy atom. The molecular formula is C27H41NO3. The molecule has 172 valence electrons. The van der Waals surface area contributed by atoms with Gasteiger partial charge in [0.05, 0.1) is 17.5 Å². The van der Waals surface area contributed by atoms with E-state index in [1.807, 2.05) is 12.1 Å². The molecule has 4 nitrogen and oxygen atoms in total. The molecule has 1 fully saturated rings. The van der Waals surface area contributed by atoms with Crippen molar-refractivity contribution in [3.8, 4) is 6.08 Å². The summed E-state index contributed by atoms with van der Waals surface area (Å²) in [6, 6.07) is 5.92. The van der Waals surface area contributed by atoms with Gasteiger partial charge in [-0.3, -0.25) is 0 Å². The third kappa shape index (κ3) is 8.66. The Hall–Kier alpha value is -1.84. The predicted octanol–water partition coefficient (Wildman–Crippen LogP) is 7.93. The fraction of sp³-hybridized carbons (Fsp3) is 0.704. The van der Waals surface area contributed by atoms with Gasteiger partial charge in [0.1, 0.15) is 0 Å². The molecule has 0 radical (unpaired) electrons. The third-order valence-corrected chi connectivity index (χ3v) is 6.40. The Labute approximate surface area is 187 Å². The Balaban J connectivity index is 1.20. The summed E-state index contributed by atoms with van der Waals surface area (Å²) in [4.78, 5) is 16.6. The van der Waals surface area contributed by atoms with Crippen LogP contribution in [-0.2, 0) is 0 Å². The van der Waals surface area contributed by atoms with E-state index < -0.39 is 0 Å². The molecule has 1 aromatic heterocycles. The number of ether oxygens (including phenoxy) is 1. The van der Waals surface area contributed by atoms with Crippen LogP contribution in [0.4, 0.5) is 0 Å². The van der Waals surface area contributed by atoms with Crippen LogP contribution in [0, 0.1) is 0 Å². The summed E-state index contributed by atoms with van der Waals surface area (Å²) >= 11 is 0. The van der Waals surface area contributed by atoms with Crippen molar-refractivity contribution in [3.05, 3.63) is 34.2 Å². The Bertz CT molecular complexity index is 825. The van der Waals surface area contributed by atoms with Crippen molar-refractivity contribution in [2.75, 3.05) is 6.61 Å². The highest BCUT2D eigenvalue weighted by Gasteiger charge is 2.24. The Kier molecular flexibility index (Phi) is 10.4. The van der Waals surface area contributed by atoms with Gasteiger partial charge < -0.3 is 9.15 Å². The lowest BCUT2D eigenvalue weighted by Crippen LogP contribution is -2.06. The maximum Gasteiger partial charge on any atom is 0.397 e. The molecule has 3 rings (SSSR count). The highest BCUT2D eigenvalue weighted by molar-refractivity contribution is 5.78. The van der Waals surface area contributed by atoms with Crippen molar-refractivity contribution in [2.45, 2.75) is 116 Å². The van der Waals surface area contributed by atoms with E-state index in [1.165, 1.54) is 95.5 Å². The first-order valence-corrected chi connectivity index (χ1v) is 12.9. The van der Waals surface area contributed by atoms with Gasteiger partial charge in [-0.2, -0.15) is 4.98 Å². The van der Waals surface area contributed by atoms with E-state index >= 15 is 0 Å². The van der Waals surface area contributed by atoms with Gasteiger partial charge in [0.2, 0.25) is 0 Å². The number of nitrogens with zero attached hydrogens (tertiary/aromatic N) is 1. The first-order valence-electron chi connectivity index (χ1n) is 12.9. The lowest BCUT2D eigenvalue weighted by Gasteiger charge is -2.06. The highest BCUT2D eigenvalue weighted by Crippen LogP contribution is 2.40. The lowest BCUT2D eigenvalue weighted by atomic mass is 10.0. The molecule has 0 N–H and O–H groups in total. The summed E-state index contributed by atoms with van der Waals surface area (Å²) in [5, 5.41) is 0.563. The third-order valence-electron chi connectivity index (χ3n) is 6.40. The standard InChI is InChI=1S/C27H41NO3/c1-2-3-4-5-6-7-8-9-10-11-12-13-14-15-20-30-27-28-25-19-18-23(22-16-17-22)21-24(25)26(29)31-27/h18-19,21-22H,2-17,20H2,1H3. The molecule has 4 heteroatoms. The number of rotatable bonds is 17. The maximum absolute atomic E-state index is 12.3. The van der Waals surface area contributed by atoms with Gasteiger partial charge in [-0.05, 0) is 42.9 Å². The number of unbranched alkanes of at least 4 members (excludes halogenated alkanes) is 13. The molecule has 0 aliphatic heterocycles. The van der Waals surface area contributed by atoms with Crippen LogP contribution in [0.2, 0.25) is 0 Å². The van der Waals surface area contributed by atoms with Gasteiger partial charge >= 0.3 is 11.7 Å². The number of benzene rings is 1. The fourth-order valence-electron chi connectivity index (χ4n) is 4.26. The maximum atomic E-state index is 12.3. The van der Waals surface area contributed by atoms with E-state index in [2.05, 4.69) is 18.0 Å². The normalized spacial score (nSPS) is 13.7. The summed E-state index contributed by atoms with van der Waals surface area (Å²) in [5.74, 6) is 0.611. The number of aromatic nitrogens is 1. The second-order valence-corrected chi connectivity index (χ2v) is 9.26. The quantitative estimate of drug-likeness (QED) is 0.241. The molecule has 2 aromatic rings. The zero-order valence-corrected chi connectivity index (χ0v) is 19.5. The molecule has 1 aliphatic rings. The van der Waals surface area contributed by atoms with Crippen molar-refractivity contribution in [1.82, 2.24) is 4.98 Å². The van der Waals surface area contributed by atoms with E-state index in [0.29, 0.717) is 23.4 Å². The summed E-state index contributed by atoms with van der Waals surface area (Å²) in [6.07, 6.45) is 21.2. The first-order chi connectivity index (χ1) is 15.3. The minimum atomic E-state index is -0.344. The topological polar surface area (TPSA) is 52.3 Å². The van der Waals surface area contributed by atoms with E-state index in [9.17, 15) is 4.79 Å². The van der Waals surface area contributed by atoms with Crippen LogP contribution in [0.5, 0.6) is 6.08 Å². The van der Waals surface area contributed by atoms with Crippen LogP contribution in [0.25, 0.3) is 10.9 Å². The van der Waals surface area contributed by atoms with Crippen molar-refractivity contribution < 1.29 is 9.15 Å². The predicted molar refractivity (Wildman–Crippen MR) is 128 cm³/mol. The first kappa shape index (κ1) is 23.8. The smallest absolute Gasteiger partial charge is 0.397 e. The van der Waals surface area contributed by atoms with Crippen LogP contribution in [0.1, 0.15) is 121 Å². The highest BCUT2D eigenvalue weighted by atomic mass is 16.6. The van der Waals surface area contributed by atoms with E-state index in [1.54, 1.807) is 0 Å². The molecule has 0 unspecified atom stereocenters. The van der Waals surface area contributed by atoms with Crippen molar-refractivity contribution in [1.29, 1.82) is 0 Å². The van der Waals surface area contributed by atoms with Gasteiger partial charge in [-0.1, -0.05) is 96.5 Å². The largest absolute Gasteiger partial charge is 0.450 e. The van der Waals surface area contributed by atoms with Gasteiger partial charge in [-0.15, -0.1) is 0 Å². The number of hydrogen-bond donors (Lipinski definition) is 0. The van der Waals surface area contributed by atoms with Crippen molar-refractivity contribution in [3.63, 3.8) is 0 Å². The van der Waals surface area contributed by atoms with Gasteiger partial charge in [0.25, 0.3) is 0 Å². The van der Waals surface area contributed by atoms with Crippen LogP contribution >= 0.6 is 0 Å². The molecule has 0 saturated heterocycles. The SMILES string of the molecule is CCCCCCCCCCCCCCCCOc1nc2ccc(C3CC3)cc2c(=O)o1. The summed E-state index contributed by atoms with van der Waals surface area (Å²) in [5.41, 5.74) is 1.54. The Morgan fingerprint density at radius 1 is 0.871 bits per heavy atom. The minimum Gasteiger partial charge on any atom is -0.450 e. The summed E-state index contributed by atoms with van der Waals surface area (Å²) < 4.78 is 10.9. The lowest BCUT2D eigenvalue weighted by molar-refractivity contribution is 0.211. The molecule has 1 aromatic carbocycles. The van der Waals surface area contributed by atoms with E-state index in [-0.39, 0.29) is 11.7 Å². The fourth-order valence-corrected chi connectivity index (χ4v) is 4.26. The van der Waals surface area contributed by atoms with Crippen molar-refractivity contribution >= 4 is 10.9 Å². The van der Waals surface area contributed by atoms with Crippen LogP contribution < -0.4 is 10.4 Å². The van der Waals surface area contributed by atoms with Crippen molar-refractivity contribution in [2.24, 2.45) is 0 Å². The number of hydrogen-bond acceptors (Lipinski definition) is 4. The minimum absolute atomic E-state index is 0.103. The zero-order chi connectivity index (χ0) is 21.7. The monoisotopic (exact) mass is 427 g/mol. The zero-order valence-electron chi connectivity index (χ0n) is 19.5. The number of fused-ring (bicyclic) bond motifs is 1. The van der Waals surface area contributed by atoms with Gasteiger partial charge in [0, 0.05) is 0 Å². The summed E-state index contributed by atoms with van der Waals surface area (Å²) in [7, 11) is 0. The van der Waals surface area contributed by atoms with Crippen LogP contribution in [0.3, 0.4) is 0 Å². The van der Waals surface area contributed by atoms with E-state index in [4.69, 9.17) is 9.15 Å². The van der Waals surface area contributed by atoms with Crippen LogP contribution in [0.15, 0.2) is 27.4 Å². The summed E-state index contributed by atoms with van der Waals surface area (Å²) in [6.45, 7) is 2.83. The average Bonchev–Trinajstić information content (AvgIpc) is 3.62. The average molecular weight is 428 g/mol. The van der Waals surface area contributed by atoms with Gasteiger partial charge in [0.15, 0.2) is 0 Å². The molecule has 31 heavy (non-hydrogen) atoms. The molecule has 0 spiro atoms. The second-order valence-electron chi connectivity index (χ2n) is 9.26. The molecule has 1 heterocycles. The Morgan fingerprint density at radius 3 is 2.03 bits per heavy atom. The van der Waals surface area contributed by atoms with Crippen LogP contribution in [-0.4, -0.2) is 11.6 Å². The van der Waals surface area contributed by atoms with Gasteiger partial charge in [-0.25, -0.2) is 4.79 Å². The molecule has 0 atom stereocenters. The molecular weight excluding hydrogens is 386 g/mol. The van der Waals surface area contributed by atoms with E-state index in [0.717, 1.165) is 12.8 Å².